The van der Waals surface area contributed by atoms with Crippen molar-refractivity contribution in [3.8, 4) is 17.2 Å². The van der Waals surface area contributed by atoms with E-state index < -0.39 is 5.60 Å². The molecule has 0 saturated carbocycles. The van der Waals surface area contributed by atoms with Crippen LogP contribution in [-0.2, 0) is 6.42 Å². The predicted molar refractivity (Wildman–Crippen MR) is 99.8 cm³/mol. The Labute approximate surface area is 154 Å². The summed E-state index contributed by atoms with van der Waals surface area (Å²) < 4.78 is 25.7. The summed E-state index contributed by atoms with van der Waals surface area (Å²) in [5.74, 6) is 1.91. The number of ether oxygens (including phenoxy) is 2. The molecule has 0 spiro atoms. The van der Waals surface area contributed by atoms with E-state index in [1.165, 1.54) is 6.07 Å². The lowest BCUT2D eigenvalue weighted by Crippen LogP contribution is -2.27. The lowest BCUT2D eigenvalue weighted by molar-refractivity contribution is 0.0285. The normalized spacial score (nSPS) is 16.8. The highest BCUT2D eigenvalue weighted by atomic mass is 127. The molecule has 0 aliphatic heterocycles. The Morgan fingerprint density at radius 3 is 2.50 bits per heavy atom. The number of fused-ring (bicyclic) bond motifs is 1. The van der Waals surface area contributed by atoms with E-state index in [1.807, 2.05) is 12.1 Å². The molecule has 0 amide bonds. The fraction of sp³-hybridized carbons (Fsp3) is 0.368. The van der Waals surface area contributed by atoms with Crippen LogP contribution in [0.4, 0.5) is 4.39 Å². The molecule has 3 nitrogen and oxygen atoms in total. The second-order valence-electron chi connectivity index (χ2n) is 6.62. The summed E-state index contributed by atoms with van der Waals surface area (Å²) in [4.78, 5) is 0. The van der Waals surface area contributed by atoms with Gasteiger partial charge >= 0.3 is 0 Å². The van der Waals surface area contributed by atoms with Crippen LogP contribution in [-0.4, -0.2) is 17.3 Å². The average Bonchev–Trinajstić information content (AvgIpc) is 2.92. The third kappa shape index (κ3) is 4.00. The summed E-state index contributed by atoms with van der Waals surface area (Å²) in [6.07, 6.45) is 1.78. The highest BCUT2D eigenvalue weighted by molar-refractivity contribution is 14.1. The van der Waals surface area contributed by atoms with Gasteiger partial charge in [0, 0.05) is 15.1 Å². The van der Waals surface area contributed by atoms with Gasteiger partial charge < -0.3 is 14.6 Å². The Kier molecular flexibility index (Phi) is 5.01. The first-order valence-electron chi connectivity index (χ1n) is 7.92. The van der Waals surface area contributed by atoms with Crippen LogP contribution >= 0.6 is 22.6 Å². The molecule has 24 heavy (non-hydrogen) atoms. The minimum atomic E-state index is -0.875. The maximum Gasteiger partial charge on any atom is 0.131 e. The minimum Gasteiger partial charge on any atom is -0.491 e. The number of hydrogen-bond acceptors (Lipinski definition) is 3. The SMILES string of the molecule is CC(C)(O)COc1ccc(Oc2ccc(F)c3c2CC[C@H]3I)cc1. The zero-order chi connectivity index (χ0) is 17.3. The molecule has 128 valence electrons. The van der Waals surface area contributed by atoms with Crippen molar-refractivity contribution in [1.29, 1.82) is 0 Å². The van der Waals surface area contributed by atoms with Gasteiger partial charge in [-0.3, -0.25) is 0 Å². The van der Waals surface area contributed by atoms with Crippen LogP contribution in [0.15, 0.2) is 36.4 Å². The second-order valence-corrected chi connectivity index (χ2v) is 8.12. The third-order valence-corrected chi connectivity index (χ3v) is 5.11. The van der Waals surface area contributed by atoms with Crippen molar-refractivity contribution in [3.05, 3.63) is 53.3 Å². The molecule has 0 heterocycles. The molecule has 0 radical (unpaired) electrons. The molecule has 1 atom stereocenters. The smallest absolute Gasteiger partial charge is 0.131 e. The van der Waals surface area contributed by atoms with E-state index >= 15 is 0 Å². The van der Waals surface area contributed by atoms with E-state index in [0.29, 0.717) is 11.5 Å². The Morgan fingerprint density at radius 2 is 1.83 bits per heavy atom. The van der Waals surface area contributed by atoms with Gasteiger partial charge in [-0.15, -0.1) is 0 Å². The number of benzene rings is 2. The maximum atomic E-state index is 14.0. The number of aliphatic hydroxyl groups is 1. The molecule has 0 unspecified atom stereocenters. The number of alkyl halides is 1. The molecule has 3 rings (SSSR count). The Hall–Kier alpha value is -1.34. The van der Waals surface area contributed by atoms with Gasteiger partial charge in [-0.25, -0.2) is 4.39 Å². The van der Waals surface area contributed by atoms with Crippen molar-refractivity contribution in [2.75, 3.05) is 6.61 Å². The van der Waals surface area contributed by atoms with Crippen molar-refractivity contribution in [1.82, 2.24) is 0 Å². The standard InChI is InChI=1S/C19H20FIO3/c1-19(2,22)11-23-12-3-5-13(6-4-12)24-17-10-8-15(20)18-14(17)7-9-16(18)21/h3-6,8,10,16,22H,7,9,11H2,1-2H3/t16-/m1/s1. The molecule has 2 aromatic carbocycles. The van der Waals surface area contributed by atoms with Crippen molar-refractivity contribution >= 4 is 22.6 Å². The van der Waals surface area contributed by atoms with Crippen LogP contribution in [0.5, 0.6) is 17.2 Å². The van der Waals surface area contributed by atoms with Gasteiger partial charge in [0.05, 0.1) is 5.60 Å². The van der Waals surface area contributed by atoms with Gasteiger partial charge in [0.1, 0.15) is 29.7 Å². The Bertz CT molecular complexity index is 723. The average molecular weight is 442 g/mol. The molecular formula is C19H20FIO3. The van der Waals surface area contributed by atoms with Crippen LogP contribution in [0.1, 0.15) is 35.3 Å². The second kappa shape index (κ2) is 6.88. The van der Waals surface area contributed by atoms with Crippen LogP contribution < -0.4 is 9.47 Å². The Morgan fingerprint density at radius 1 is 1.17 bits per heavy atom. The van der Waals surface area contributed by atoms with Gasteiger partial charge in [0.25, 0.3) is 0 Å². The largest absolute Gasteiger partial charge is 0.491 e. The lowest BCUT2D eigenvalue weighted by Gasteiger charge is -2.18. The zero-order valence-corrected chi connectivity index (χ0v) is 15.8. The fourth-order valence-electron chi connectivity index (χ4n) is 2.71. The van der Waals surface area contributed by atoms with Crippen molar-refractivity contribution in [2.24, 2.45) is 0 Å². The Balaban J connectivity index is 1.74. The van der Waals surface area contributed by atoms with Crippen molar-refractivity contribution in [2.45, 2.75) is 36.2 Å². The number of rotatable bonds is 5. The first-order chi connectivity index (χ1) is 11.3. The summed E-state index contributed by atoms with van der Waals surface area (Å²) in [6, 6.07) is 10.4. The minimum absolute atomic E-state index is 0.149. The lowest BCUT2D eigenvalue weighted by atomic mass is 10.1. The van der Waals surface area contributed by atoms with Crippen LogP contribution in [0.25, 0.3) is 0 Å². The highest BCUT2D eigenvalue weighted by Crippen LogP contribution is 2.44. The summed E-state index contributed by atoms with van der Waals surface area (Å²) in [7, 11) is 0. The van der Waals surface area contributed by atoms with Gasteiger partial charge in [-0.05, 0) is 63.1 Å². The molecule has 0 bridgehead atoms. The van der Waals surface area contributed by atoms with Crippen molar-refractivity contribution < 1.29 is 19.0 Å². The maximum absolute atomic E-state index is 14.0. The number of hydrogen-bond donors (Lipinski definition) is 1. The van der Waals surface area contributed by atoms with Crippen LogP contribution in [0.3, 0.4) is 0 Å². The predicted octanol–water partition coefficient (Wildman–Crippen LogP) is 5.19. The van der Waals surface area contributed by atoms with E-state index in [9.17, 15) is 9.50 Å². The summed E-state index contributed by atoms with van der Waals surface area (Å²) in [5.41, 5.74) is 0.870. The first-order valence-corrected chi connectivity index (χ1v) is 9.16. The van der Waals surface area contributed by atoms with Gasteiger partial charge in [-0.2, -0.15) is 0 Å². The van der Waals surface area contributed by atoms with E-state index in [4.69, 9.17) is 9.47 Å². The molecule has 5 heteroatoms. The molecule has 0 fully saturated rings. The molecule has 1 aliphatic carbocycles. The monoisotopic (exact) mass is 442 g/mol. The summed E-state index contributed by atoms with van der Waals surface area (Å²) in [5, 5.41) is 9.68. The highest BCUT2D eigenvalue weighted by Gasteiger charge is 2.27. The summed E-state index contributed by atoms with van der Waals surface area (Å²) in [6.45, 7) is 3.61. The van der Waals surface area contributed by atoms with Gasteiger partial charge in [0.15, 0.2) is 0 Å². The molecule has 1 N–H and O–H groups in total. The van der Waals surface area contributed by atoms with E-state index in [2.05, 4.69) is 22.6 Å². The fourth-order valence-corrected chi connectivity index (χ4v) is 3.70. The van der Waals surface area contributed by atoms with Crippen LogP contribution in [0.2, 0.25) is 0 Å². The summed E-state index contributed by atoms with van der Waals surface area (Å²) >= 11 is 2.28. The van der Waals surface area contributed by atoms with E-state index in [-0.39, 0.29) is 16.3 Å². The molecule has 0 saturated heterocycles. The molecule has 0 aromatic heterocycles. The van der Waals surface area contributed by atoms with Crippen molar-refractivity contribution in [3.63, 3.8) is 0 Å². The molecule has 2 aromatic rings. The quantitative estimate of drug-likeness (QED) is 0.512. The third-order valence-electron chi connectivity index (χ3n) is 3.87. The molecule has 1 aliphatic rings. The van der Waals surface area contributed by atoms with Crippen LogP contribution in [0, 0.1) is 5.82 Å². The van der Waals surface area contributed by atoms with Gasteiger partial charge in [-0.1, -0.05) is 22.6 Å². The first kappa shape index (κ1) is 17.5. The topological polar surface area (TPSA) is 38.7 Å². The zero-order valence-electron chi connectivity index (χ0n) is 13.7. The van der Waals surface area contributed by atoms with E-state index in [1.54, 1.807) is 32.0 Å². The van der Waals surface area contributed by atoms with Gasteiger partial charge in [0.2, 0.25) is 0 Å². The van der Waals surface area contributed by atoms with E-state index in [0.717, 1.165) is 29.7 Å². The molecular weight excluding hydrogens is 422 g/mol. The number of halogens is 2.